The SMILES string of the molecule is CCCCCCCCCCCCOC1OC(CO)CC1O. The van der Waals surface area contributed by atoms with Gasteiger partial charge in [-0.1, -0.05) is 64.7 Å². The Bertz CT molecular complexity index is 235. The summed E-state index contributed by atoms with van der Waals surface area (Å²) in [5.41, 5.74) is 0. The molecule has 1 rings (SSSR count). The fourth-order valence-electron chi connectivity index (χ4n) is 2.77. The molecule has 0 aliphatic carbocycles. The fourth-order valence-corrected chi connectivity index (χ4v) is 2.77. The molecule has 1 heterocycles. The Morgan fingerprint density at radius 3 is 2.05 bits per heavy atom. The maximum Gasteiger partial charge on any atom is 0.183 e. The third kappa shape index (κ3) is 8.77. The summed E-state index contributed by atoms with van der Waals surface area (Å²) in [6.07, 6.45) is 12.1. The van der Waals surface area contributed by atoms with E-state index in [0.717, 1.165) is 6.42 Å². The average molecular weight is 302 g/mol. The van der Waals surface area contributed by atoms with Crippen LogP contribution in [0.25, 0.3) is 0 Å². The van der Waals surface area contributed by atoms with E-state index in [-0.39, 0.29) is 12.7 Å². The number of rotatable bonds is 13. The van der Waals surface area contributed by atoms with Crippen LogP contribution in [0, 0.1) is 0 Å². The standard InChI is InChI=1S/C17H34O4/c1-2-3-4-5-6-7-8-9-10-11-12-20-17-16(19)13-15(14-18)21-17/h15-19H,2-14H2,1H3. The highest BCUT2D eigenvalue weighted by Gasteiger charge is 2.33. The van der Waals surface area contributed by atoms with Gasteiger partial charge in [0, 0.05) is 13.0 Å². The Kier molecular flexibility index (Phi) is 11.1. The van der Waals surface area contributed by atoms with Crippen molar-refractivity contribution >= 4 is 0 Å². The number of aliphatic hydroxyl groups excluding tert-OH is 2. The van der Waals surface area contributed by atoms with Crippen molar-refractivity contribution in [3.05, 3.63) is 0 Å². The minimum Gasteiger partial charge on any atom is -0.394 e. The van der Waals surface area contributed by atoms with Crippen molar-refractivity contribution in [1.82, 2.24) is 0 Å². The molecular weight excluding hydrogens is 268 g/mol. The van der Waals surface area contributed by atoms with Gasteiger partial charge < -0.3 is 19.7 Å². The van der Waals surface area contributed by atoms with Gasteiger partial charge in [-0.2, -0.15) is 0 Å². The van der Waals surface area contributed by atoms with Gasteiger partial charge in [0.05, 0.1) is 12.7 Å². The lowest BCUT2D eigenvalue weighted by Crippen LogP contribution is -2.24. The van der Waals surface area contributed by atoms with Crippen molar-refractivity contribution < 1.29 is 19.7 Å². The molecule has 0 radical (unpaired) electrons. The molecule has 3 unspecified atom stereocenters. The normalized spacial score (nSPS) is 25.6. The van der Waals surface area contributed by atoms with E-state index in [1.54, 1.807) is 0 Å². The second-order valence-corrected chi connectivity index (χ2v) is 6.16. The zero-order valence-electron chi connectivity index (χ0n) is 13.6. The molecule has 0 aromatic heterocycles. The monoisotopic (exact) mass is 302 g/mol. The van der Waals surface area contributed by atoms with E-state index in [1.165, 1.54) is 57.8 Å². The zero-order chi connectivity index (χ0) is 15.3. The Balaban J connectivity index is 1.82. The summed E-state index contributed by atoms with van der Waals surface area (Å²) in [6.45, 7) is 2.84. The summed E-state index contributed by atoms with van der Waals surface area (Å²) in [5.74, 6) is 0. The Labute approximate surface area is 129 Å². The van der Waals surface area contributed by atoms with E-state index in [1.807, 2.05) is 0 Å². The largest absolute Gasteiger partial charge is 0.394 e. The van der Waals surface area contributed by atoms with Crippen molar-refractivity contribution in [2.75, 3.05) is 13.2 Å². The first-order valence-corrected chi connectivity index (χ1v) is 8.84. The van der Waals surface area contributed by atoms with Gasteiger partial charge in [-0.15, -0.1) is 0 Å². The lowest BCUT2D eigenvalue weighted by atomic mass is 10.1. The van der Waals surface area contributed by atoms with Crippen LogP contribution in [0.2, 0.25) is 0 Å². The first-order valence-electron chi connectivity index (χ1n) is 8.84. The number of ether oxygens (including phenoxy) is 2. The first kappa shape index (κ1) is 18.9. The minimum atomic E-state index is -0.592. The van der Waals surface area contributed by atoms with Gasteiger partial charge in [0.1, 0.15) is 6.10 Å². The van der Waals surface area contributed by atoms with E-state index in [9.17, 15) is 5.11 Å². The summed E-state index contributed by atoms with van der Waals surface area (Å²) < 4.78 is 10.9. The molecule has 1 aliphatic rings. The van der Waals surface area contributed by atoms with Crippen LogP contribution in [0.4, 0.5) is 0 Å². The van der Waals surface area contributed by atoms with Gasteiger partial charge in [0.2, 0.25) is 0 Å². The van der Waals surface area contributed by atoms with E-state index >= 15 is 0 Å². The summed E-state index contributed by atoms with van der Waals surface area (Å²) in [4.78, 5) is 0. The molecule has 1 fully saturated rings. The van der Waals surface area contributed by atoms with Gasteiger partial charge in [0.15, 0.2) is 6.29 Å². The zero-order valence-corrected chi connectivity index (χ0v) is 13.6. The van der Waals surface area contributed by atoms with Crippen LogP contribution in [-0.2, 0) is 9.47 Å². The molecule has 2 N–H and O–H groups in total. The van der Waals surface area contributed by atoms with Gasteiger partial charge in [0.25, 0.3) is 0 Å². The van der Waals surface area contributed by atoms with Crippen LogP contribution in [0.5, 0.6) is 0 Å². The minimum absolute atomic E-state index is 0.0465. The molecule has 0 amide bonds. The molecular formula is C17H34O4. The molecule has 1 aliphatic heterocycles. The van der Waals surface area contributed by atoms with Gasteiger partial charge >= 0.3 is 0 Å². The maximum absolute atomic E-state index is 9.69. The Hall–Kier alpha value is -0.160. The highest BCUT2D eigenvalue weighted by Crippen LogP contribution is 2.21. The third-order valence-electron chi connectivity index (χ3n) is 4.13. The van der Waals surface area contributed by atoms with Gasteiger partial charge in [-0.3, -0.25) is 0 Å². The molecule has 3 atom stereocenters. The van der Waals surface area contributed by atoms with Gasteiger partial charge in [-0.25, -0.2) is 0 Å². The molecule has 0 aromatic rings. The number of aliphatic hydroxyl groups is 2. The van der Waals surface area contributed by atoms with E-state index < -0.39 is 12.4 Å². The Morgan fingerprint density at radius 1 is 0.952 bits per heavy atom. The first-order chi connectivity index (χ1) is 10.3. The summed E-state index contributed by atoms with van der Waals surface area (Å²) in [6, 6.07) is 0. The highest BCUT2D eigenvalue weighted by molar-refractivity contribution is 4.75. The number of unbranched alkanes of at least 4 members (excludes halogenated alkanes) is 9. The lowest BCUT2D eigenvalue weighted by molar-refractivity contribution is -0.169. The van der Waals surface area contributed by atoms with Crippen LogP contribution in [0.1, 0.15) is 77.6 Å². The molecule has 21 heavy (non-hydrogen) atoms. The van der Waals surface area contributed by atoms with Crippen LogP contribution >= 0.6 is 0 Å². The number of hydrogen-bond donors (Lipinski definition) is 2. The molecule has 0 saturated carbocycles. The smallest absolute Gasteiger partial charge is 0.183 e. The molecule has 0 aromatic carbocycles. The number of hydrogen-bond acceptors (Lipinski definition) is 4. The third-order valence-corrected chi connectivity index (χ3v) is 4.13. The van der Waals surface area contributed by atoms with Crippen molar-refractivity contribution in [3.63, 3.8) is 0 Å². The second-order valence-electron chi connectivity index (χ2n) is 6.16. The summed E-state index contributed by atoms with van der Waals surface area (Å²) in [5, 5.41) is 18.7. The second kappa shape index (κ2) is 12.4. The molecule has 126 valence electrons. The maximum atomic E-state index is 9.69. The van der Waals surface area contributed by atoms with Crippen LogP contribution in [-0.4, -0.2) is 41.9 Å². The summed E-state index contributed by atoms with van der Waals surface area (Å²) >= 11 is 0. The Morgan fingerprint density at radius 2 is 1.52 bits per heavy atom. The van der Waals surface area contributed by atoms with E-state index in [4.69, 9.17) is 14.6 Å². The molecule has 4 heteroatoms. The fraction of sp³-hybridized carbons (Fsp3) is 1.00. The van der Waals surface area contributed by atoms with Gasteiger partial charge in [-0.05, 0) is 6.42 Å². The van der Waals surface area contributed by atoms with E-state index in [2.05, 4.69) is 6.92 Å². The summed E-state index contributed by atoms with van der Waals surface area (Å²) in [7, 11) is 0. The predicted octanol–water partition coefficient (Wildman–Crippen LogP) is 3.39. The lowest BCUT2D eigenvalue weighted by Gasteiger charge is -2.15. The molecule has 1 saturated heterocycles. The topological polar surface area (TPSA) is 58.9 Å². The van der Waals surface area contributed by atoms with Crippen molar-refractivity contribution in [2.24, 2.45) is 0 Å². The van der Waals surface area contributed by atoms with Crippen LogP contribution in [0.15, 0.2) is 0 Å². The van der Waals surface area contributed by atoms with Crippen LogP contribution in [0.3, 0.4) is 0 Å². The van der Waals surface area contributed by atoms with E-state index in [0.29, 0.717) is 13.0 Å². The molecule has 0 bridgehead atoms. The quantitative estimate of drug-likeness (QED) is 0.512. The van der Waals surface area contributed by atoms with Crippen molar-refractivity contribution in [1.29, 1.82) is 0 Å². The molecule has 4 nitrogen and oxygen atoms in total. The molecule has 0 spiro atoms. The highest BCUT2D eigenvalue weighted by atomic mass is 16.7. The van der Waals surface area contributed by atoms with Crippen LogP contribution < -0.4 is 0 Å². The predicted molar refractivity (Wildman–Crippen MR) is 84.2 cm³/mol. The van der Waals surface area contributed by atoms with Crippen molar-refractivity contribution in [3.8, 4) is 0 Å². The average Bonchev–Trinajstić information content (AvgIpc) is 2.85. The van der Waals surface area contributed by atoms with Crippen molar-refractivity contribution in [2.45, 2.75) is 96.1 Å².